The van der Waals surface area contributed by atoms with Gasteiger partial charge in [0.05, 0.1) is 31.2 Å². The van der Waals surface area contributed by atoms with Gasteiger partial charge in [-0.3, -0.25) is 9.69 Å². The fraction of sp³-hybridized carbons (Fsp3) is 0.484. The number of halogens is 1. The Kier molecular flexibility index (Phi) is 7.27. The van der Waals surface area contributed by atoms with Gasteiger partial charge in [0.15, 0.2) is 11.5 Å². The molecule has 6 rings (SSSR count). The zero-order valence-corrected chi connectivity index (χ0v) is 23.1. The number of carboxylic acid groups (broad SMARTS) is 1. The van der Waals surface area contributed by atoms with Crippen molar-refractivity contribution in [3.8, 4) is 11.5 Å². The number of aromatic nitrogens is 2. The largest absolute Gasteiger partial charge is 0.481 e. The van der Waals surface area contributed by atoms with E-state index in [4.69, 9.17) is 19.3 Å². The van der Waals surface area contributed by atoms with Crippen molar-refractivity contribution in [2.45, 2.75) is 76.9 Å². The van der Waals surface area contributed by atoms with E-state index in [0.717, 1.165) is 61.6 Å². The Morgan fingerprint density at radius 3 is 2.67 bits per heavy atom. The first-order valence-corrected chi connectivity index (χ1v) is 14.2. The molecule has 4 heterocycles. The van der Waals surface area contributed by atoms with Gasteiger partial charge in [0, 0.05) is 31.0 Å². The maximum absolute atomic E-state index is 14.8. The third kappa shape index (κ3) is 5.32. The Morgan fingerprint density at radius 2 is 1.98 bits per heavy atom. The first-order chi connectivity index (χ1) is 19.3. The minimum absolute atomic E-state index is 0.0881. The number of benzene rings is 2. The highest BCUT2D eigenvalue weighted by atomic mass is 19.1. The minimum Gasteiger partial charge on any atom is -0.481 e. The number of likely N-dealkylation sites (tertiary alicyclic amines) is 1. The van der Waals surface area contributed by atoms with E-state index < -0.39 is 11.8 Å². The summed E-state index contributed by atoms with van der Waals surface area (Å²) in [7, 11) is 0. The molecule has 8 nitrogen and oxygen atoms in total. The number of aliphatic carboxylic acids is 1. The Hall–Kier alpha value is -3.43. The number of nitrogens with zero attached hydrogens (tertiary/aromatic N) is 3. The highest BCUT2D eigenvalue weighted by molar-refractivity contribution is 5.67. The molecule has 3 aromatic rings. The molecule has 3 aliphatic heterocycles. The lowest BCUT2D eigenvalue weighted by Crippen LogP contribution is -2.36. The summed E-state index contributed by atoms with van der Waals surface area (Å²) in [6.45, 7) is 7.64. The van der Waals surface area contributed by atoms with E-state index in [1.807, 2.05) is 31.3 Å². The van der Waals surface area contributed by atoms with Gasteiger partial charge in [-0.25, -0.2) is 9.37 Å². The third-order valence-corrected chi connectivity index (χ3v) is 8.41. The van der Waals surface area contributed by atoms with Gasteiger partial charge in [0.1, 0.15) is 11.6 Å². The number of para-hydroxylation sites is 1. The molecule has 2 saturated heterocycles. The standard InChI is InChI=1S/C31H36FN3O5/c1-20-6-8-25(26(32)16-20)31(2)39-27-5-3-4-24(30(27)40-31)21-10-13-34(14-11-21)19-28-33-17-22(7-9-29(36)37)35(28)18-23-12-15-38-23/h3-6,8,16-17,21,23H,7,9-15,18-19H2,1-2H3,(H,36,37)/t23-,31?/m0/s1. The lowest BCUT2D eigenvalue weighted by atomic mass is 9.88. The number of fused-ring (bicyclic) bond motifs is 1. The zero-order valence-electron chi connectivity index (χ0n) is 23.1. The van der Waals surface area contributed by atoms with Gasteiger partial charge in [-0.1, -0.05) is 18.2 Å². The fourth-order valence-corrected chi connectivity index (χ4v) is 6.04. The van der Waals surface area contributed by atoms with Gasteiger partial charge in [0.25, 0.3) is 5.79 Å². The molecule has 40 heavy (non-hydrogen) atoms. The van der Waals surface area contributed by atoms with Crippen molar-refractivity contribution in [2.24, 2.45) is 0 Å². The van der Waals surface area contributed by atoms with Crippen LogP contribution < -0.4 is 9.47 Å². The van der Waals surface area contributed by atoms with E-state index >= 15 is 0 Å². The number of ether oxygens (including phenoxy) is 3. The molecule has 212 valence electrons. The summed E-state index contributed by atoms with van der Waals surface area (Å²) in [5, 5.41) is 9.16. The van der Waals surface area contributed by atoms with Crippen molar-refractivity contribution in [1.29, 1.82) is 0 Å². The molecular weight excluding hydrogens is 513 g/mol. The van der Waals surface area contributed by atoms with Crippen molar-refractivity contribution in [1.82, 2.24) is 14.5 Å². The van der Waals surface area contributed by atoms with Crippen molar-refractivity contribution in [3.63, 3.8) is 0 Å². The second kappa shape index (κ2) is 10.9. The summed E-state index contributed by atoms with van der Waals surface area (Å²) in [4.78, 5) is 18.2. The molecule has 0 spiro atoms. The Labute approximate surface area is 233 Å². The number of carboxylic acids is 1. The second-order valence-corrected chi connectivity index (χ2v) is 11.3. The van der Waals surface area contributed by atoms with Gasteiger partial charge in [0.2, 0.25) is 0 Å². The number of imidazole rings is 1. The van der Waals surface area contributed by atoms with E-state index in [0.29, 0.717) is 42.5 Å². The molecule has 0 bridgehead atoms. The van der Waals surface area contributed by atoms with E-state index in [-0.39, 0.29) is 18.3 Å². The average Bonchev–Trinajstić information content (AvgIpc) is 3.45. The third-order valence-electron chi connectivity index (χ3n) is 8.41. The molecular formula is C31H36FN3O5. The van der Waals surface area contributed by atoms with Crippen LogP contribution >= 0.6 is 0 Å². The monoisotopic (exact) mass is 549 g/mol. The summed E-state index contributed by atoms with van der Waals surface area (Å²) in [6, 6.07) is 11.1. The van der Waals surface area contributed by atoms with E-state index in [1.165, 1.54) is 6.07 Å². The van der Waals surface area contributed by atoms with Gasteiger partial charge < -0.3 is 23.9 Å². The normalized spacial score (nSPS) is 22.8. The van der Waals surface area contributed by atoms with E-state index in [1.54, 1.807) is 13.0 Å². The molecule has 1 N–H and O–H groups in total. The van der Waals surface area contributed by atoms with Gasteiger partial charge >= 0.3 is 5.97 Å². The van der Waals surface area contributed by atoms with Crippen molar-refractivity contribution >= 4 is 5.97 Å². The highest BCUT2D eigenvalue weighted by Gasteiger charge is 2.43. The van der Waals surface area contributed by atoms with Crippen LogP contribution in [0.3, 0.4) is 0 Å². The minimum atomic E-state index is -1.21. The molecule has 0 aliphatic carbocycles. The Bertz CT molecular complexity index is 1400. The van der Waals surface area contributed by atoms with E-state index in [9.17, 15) is 9.18 Å². The van der Waals surface area contributed by atoms with Crippen LogP contribution in [0, 0.1) is 12.7 Å². The molecule has 2 atom stereocenters. The molecule has 0 saturated carbocycles. The summed E-state index contributed by atoms with van der Waals surface area (Å²) in [5.41, 5.74) is 3.30. The number of piperidine rings is 1. The number of carbonyl (C=O) groups is 1. The lowest BCUT2D eigenvalue weighted by Gasteiger charge is -2.33. The van der Waals surface area contributed by atoms with Crippen molar-refractivity contribution in [3.05, 3.63) is 76.6 Å². The zero-order chi connectivity index (χ0) is 27.9. The van der Waals surface area contributed by atoms with Crippen LogP contribution in [0.2, 0.25) is 0 Å². The number of hydrogen-bond donors (Lipinski definition) is 1. The number of rotatable bonds is 9. The maximum Gasteiger partial charge on any atom is 0.303 e. The van der Waals surface area contributed by atoms with Crippen molar-refractivity contribution in [2.75, 3.05) is 19.7 Å². The van der Waals surface area contributed by atoms with Crippen LogP contribution in [0.4, 0.5) is 4.39 Å². The molecule has 1 aromatic heterocycles. The second-order valence-electron chi connectivity index (χ2n) is 11.3. The topological polar surface area (TPSA) is 86.1 Å². The molecule has 9 heteroatoms. The lowest BCUT2D eigenvalue weighted by molar-refractivity contribution is -0.137. The summed E-state index contributed by atoms with van der Waals surface area (Å²) >= 11 is 0. The predicted octanol–water partition coefficient (Wildman–Crippen LogP) is 5.16. The highest BCUT2D eigenvalue weighted by Crippen LogP contribution is 2.49. The smallest absolute Gasteiger partial charge is 0.303 e. The van der Waals surface area contributed by atoms with Crippen LogP contribution in [0.1, 0.15) is 66.7 Å². The van der Waals surface area contributed by atoms with Gasteiger partial charge in [-0.15, -0.1) is 0 Å². The quantitative estimate of drug-likeness (QED) is 0.395. The van der Waals surface area contributed by atoms with Crippen LogP contribution in [-0.2, 0) is 34.8 Å². The Balaban J connectivity index is 1.13. The summed E-state index contributed by atoms with van der Waals surface area (Å²) in [5.74, 6) is 0.271. The number of aryl methyl sites for hydroxylation is 2. The molecule has 2 aromatic carbocycles. The predicted molar refractivity (Wildman–Crippen MR) is 146 cm³/mol. The SMILES string of the molecule is Cc1ccc(C2(C)Oc3cccc(C4CCN(Cc5ncc(CCC(=O)O)n5C[C@@H]5CCO5)CC4)c3O2)c(F)c1. The molecule has 3 aliphatic rings. The van der Waals surface area contributed by atoms with Crippen LogP contribution in [-0.4, -0.2) is 51.3 Å². The van der Waals surface area contributed by atoms with Crippen molar-refractivity contribution < 1.29 is 28.5 Å². The average molecular weight is 550 g/mol. The first kappa shape index (κ1) is 26.8. The Morgan fingerprint density at radius 1 is 1.18 bits per heavy atom. The fourth-order valence-electron chi connectivity index (χ4n) is 6.04. The molecule has 1 unspecified atom stereocenters. The van der Waals surface area contributed by atoms with Crippen LogP contribution in [0.15, 0.2) is 42.6 Å². The summed E-state index contributed by atoms with van der Waals surface area (Å²) < 4.78 is 35.2. The number of hydrogen-bond acceptors (Lipinski definition) is 6. The molecule has 0 amide bonds. The van der Waals surface area contributed by atoms with E-state index in [2.05, 4.69) is 20.5 Å². The summed E-state index contributed by atoms with van der Waals surface area (Å²) in [6.07, 6.45) is 5.46. The first-order valence-electron chi connectivity index (χ1n) is 14.2. The maximum atomic E-state index is 14.8. The van der Waals surface area contributed by atoms with Gasteiger partial charge in [-0.05, 0) is 75.4 Å². The van der Waals surface area contributed by atoms with Crippen LogP contribution in [0.5, 0.6) is 11.5 Å². The molecule has 2 fully saturated rings. The van der Waals surface area contributed by atoms with Gasteiger partial charge in [-0.2, -0.15) is 0 Å². The van der Waals surface area contributed by atoms with Crippen LogP contribution in [0.25, 0.3) is 0 Å². The molecule has 0 radical (unpaired) electrons.